The zero-order valence-electron chi connectivity index (χ0n) is 11.9. The number of aliphatic hydroxyl groups excluding tert-OH is 1. The topological polar surface area (TPSA) is 117 Å². The molecule has 1 aromatic rings. The van der Waals surface area contributed by atoms with Gasteiger partial charge in [-0.15, -0.1) is 0 Å². The van der Waals surface area contributed by atoms with Crippen LogP contribution in [0.1, 0.15) is 47.6 Å². The average molecular weight is 317 g/mol. The summed E-state index contributed by atoms with van der Waals surface area (Å²) in [6.07, 6.45) is 1.80. The molecular weight excluding hydrogens is 298 g/mol. The van der Waals surface area contributed by atoms with Gasteiger partial charge in [0.25, 0.3) is 0 Å². The van der Waals surface area contributed by atoms with Gasteiger partial charge in [-0.2, -0.15) is 0 Å². The van der Waals surface area contributed by atoms with Crippen molar-refractivity contribution in [2.24, 2.45) is 0 Å². The molecular formula is C13H19NO6S. The maximum absolute atomic E-state index is 12.5. The first-order valence-electron chi connectivity index (χ1n) is 6.76. The van der Waals surface area contributed by atoms with Crippen molar-refractivity contribution in [2.75, 3.05) is 0 Å². The van der Waals surface area contributed by atoms with E-state index in [9.17, 15) is 23.4 Å². The molecule has 8 heteroatoms. The minimum Gasteiger partial charge on any atom is -0.478 e. The Balaban J connectivity index is 2.34. The third-order valence-electron chi connectivity index (χ3n) is 3.66. The summed E-state index contributed by atoms with van der Waals surface area (Å²) in [6.45, 7) is 2.84. The molecule has 2 atom stereocenters. The number of carboxylic acid groups (broad SMARTS) is 1. The van der Waals surface area contributed by atoms with Gasteiger partial charge in [0.1, 0.15) is 22.0 Å². The van der Waals surface area contributed by atoms with Gasteiger partial charge in [-0.1, -0.05) is 0 Å². The molecule has 0 radical (unpaired) electrons. The fourth-order valence-corrected chi connectivity index (χ4v) is 4.47. The van der Waals surface area contributed by atoms with Crippen LogP contribution in [0, 0.1) is 13.8 Å². The lowest BCUT2D eigenvalue weighted by molar-refractivity contribution is 0.0691. The number of hydrogen-bond donors (Lipinski definition) is 3. The number of sulfonamides is 1. The van der Waals surface area contributed by atoms with Crippen LogP contribution in [-0.2, 0) is 10.0 Å². The summed E-state index contributed by atoms with van der Waals surface area (Å²) in [6, 6.07) is -0.394. The number of aryl methyl sites for hydroxylation is 2. The first-order valence-corrected chi connectivity index (χ1v) is 8.24. The molecule has 0 spiro atoms. The molecule has 21 heavy (non-hydrogen) atoms. The van der Waals surface area contributed by atoms with Crippen LogP contribution in [0.2, 0.25) is 0 Å². The molecule has 1 heterocycles. The lowest BCUT2D eigenvalue weighted by Gasteiger charge is -2.26. The zero-order chi connectivity index (χ0) is 15.8. The van der Waals surface area contributed by atoms with E-state index in [2.05, 4.69) is 4.72 Å². The van der Waals surface area contributed by atoms with Gasteiger partial charge < -0.3 is 14.6 Å². The van der Waals surface area contributed by atoms with Crippen LogP contribution in [0.3, 0.4) is 0 Å². The maximum atomic E-state index is 12.5. The van der Waals surface area contributed by atoms with E-state index in [0.717, 1.165) is 6.42 Å². The van der Waals surface area contributed by atoms with E-state index < -0.39 is 28.1 Å². The van der Waals surface area contributed by atoms with Crippen LogP contribution in [0.25, 0.3) is 0 Å². The van der Waals surface area contributed by atoms with E-state index in [1.54, 1.807) is 0 Å². The van der Waals surface area contributed by atoms with E-state index in [-0.39, 0.29) is 22.0 Å². The number of aliphatic hydroxyl groups is 1. The van der Waals surface area contributed by atoms with Gasteiger partial charge in [-0.3, -0.25) is 0 Å². The van der Waals surface area contributed by atoms with E-state index in [1.807, 2.05) is 0 Å². The molecule has 2 unspecified atom stereocenters. The highest BCUT2D eigenvalue weighted by atomic mass is 32.2. The second-order valence-electron chi connectivity index (χ2n) is 5.36. The zero-order valence-corrected chi connectivity index (χ0v) is 12.7. The Morgan fingerprint density at radius 2 is 1.95 bits per heavy atom. The van der Waals surface area contributed by atoms with E-state index in [0.29, 0.717) is 19.3 Å². The Labute approximate surface area is 123 Å². The monoisotopic (exact) mass is 317 g/mol. The van der Waals surface area contributed by atoms with Crippen molar-refractivity contribution in [3.05, 3.63) is 17.1 Å². The predicted octanol–water partition coefficient (Wildman–Crippen LogP) is 1.18. The molecule has 3 N–H and O–H groups in total. The Hall–Kier alpha value is -1.38. The minimum atomic E-state index is -4.00. The summed E-state index contributed by atoms with van der Waals surface area (Å²) < 4.78 is 32.5. The number of rotatable bonds is 4. The molecule has 0 aromatic carbocycles. The van der Waals surface area contributed by atoms with E-state index in [1.165, 1.54) is 13.8 Å². The molecule has 1 aliphatic carbocycles. The van der Waals surface area contributed by atoms with Crippen LogP contribution in [0.4, 0.5) is 0 Å². The molecule has 1 fully saturated rings. The number of carboxylic acids is 1. The van der Waals surface area contributed by atoms with Gasteiger partial charge in [0.15, 0.2) is 0 Å². The van der Waals surface area contributed by atoms with Gasteiger partial charge >= 0.3 is 5.97 Å². The van der Waals surface area contributed by atoms with Gasteiger partial charge in [0.2, 0.25) is 10.0 Å². The summed E-state index contributed by atoms with van der Waals surface area (Å²) in [5.74, 6) is -1.23. The number of nitrogens with one attached hydrogen (secondary N) is 1. The third kappa shape index (κ3) is 3.28. The summed E-state index contributed by atoms with van der Waals surface area (Å²) in [4.78, 5) is 10.9. The second kappa shape index (κ2) is 5.78. The van der Waals surface area contributed by atoms with E-state index in [4.69, 9.17) is 4.42 Å². The normalized spacial score (nSPS) is 23.2. The largest absolute Gasteiger partial charge is 0.478 e. The highest BCUT2D eigenvalue weighted by molar-refractivity contribution is 7.89. The Morgan fingerprint density at radius 1 is 1.29 bits per heavy atom. The molecule has 7 nitrogen and oxygen atoms in total. The molecule has 0 saturated heterocycles. The smallest absolute Gasteiger partial charge is 0.340 e. The van der Waals surface area contributed by atoms with Gasteiger partial charge in [0, 0.05) is 6.04 Å². The van der Waals surface area contributed by atoms with Crippen LogP contribution < -0.4 is 4.72 Å². The van der Waals surface area contributed by atoms with Gasteiger partial charge in [0.05, 0.1) is 6.10 Å². The standard InChI is InChI=1S/C13H19NO6S/c1-7-11(13(16)17)12(8(2)20-7)21(18,19)14-9-4-3-5-10(15)6-9/h9-10,14-15H,3-6H2,1-2H3,(H,16,17). The summed E-state index contributed by atoms with van der Waals surface area (Å²) in [5, 5.41) is 18.8. The summed E-state index contributed by atoms with van der Waals surface area (Å²) >= 11 is 0. The van der Waals surface area contributed by atoms with E-state index >= 15 is 0 Å². The molecule has 1 saturated carbocycles. The van der Waals surface area contributed by atoms with Crippen LogP contribution in [-0.4, -0.2) is 36.7 Å². The number of furan rings is 1. The molecule has 2 rings (SSSR count). The fraction of sp³-hybridized carbons (Fsp3) is 0.615. The van der Waals surface area contributed by atoms with Crippen molar-refractivity contribution in [2.45, 2.75) is 56.6 Å². The molecule has 1 aromatic heterocycles. The minimum absolute atomic E-state index is 0.0498. The molecule has 0 bridgehead atoms. The quantitative estimate of drug-likeness (QED) is 0.767. The summed E-state index contributed by atoms with van der Waals surface area (Å²) in [7, 11) is -4.00. The van der Waals surface area contributed by atoms with Crippen molar-refractivity contribution >= 4 is 16.0 Å². The van der Waals surface area contributed by atoms with Crippen molar-refractivity contribution in [1.29, 1.82) is 0 Å². The SMILES string of the molecule is Cc1oc(C)c(S(=O)(=O)NC2CCCC(O)C2)c1C(=O)O. The maximum Gasteiger partial charge on any atom is 0.340 e. The lowest BCUT2D eigenvalue weighted by Crippen LogP contribution is -2.40. The molecule has 118 valence electrons. The molecule has 0 amide bonds. The fourth-order valence-electron chi connectivity index (χ4n) is 2.78. The molecule has 0 aliphatic heterocycles. The van der Waals surface area contributed by atoms with Gasteiger partial charge in [-0.25, -0.2) is 17.9 Å². The predicted molar refractivity (Wildman–Crippen MR) is 73.7 cm³/mol. The number of hydrogen-bond acceptors (Lipinski definition) is 5. The number of carbonyl (C=O) groups is 1. The Kier molecular flexibility index (Phi) is 4.40. The first-order chi connectivity index (χ1) is 9.72. The van der Waals surface area contributed by atoms with Crippen molar-refractivity contribution in [3.63, 3.8) is 0 Å². The summed E-state index contributed by atoms with van der Waals surface area (Å²) in [5.41, 5.74) is -0.337. The number of aromatic carboxylic acids is 1. The highest BCUT2D eigenvalue weighted by Gasteiger charge is 2.33. The van der Waals surface area contributed by atoms with Crippen LogP contribution in [0.5, 0.6) is 0 Å². The first kappa shape index (κ1) is 16.0. The van der Waals surface area contributed by atoms with Gasteiger partial charge in [-0.05, 0) is 39.5 Å². The van der Waals surface area contributed by atoms with Crippen molar-refractivity contribution in [1.82, 2.24) is 4.72 Å². The van der Waals surface area contributed by atoms with Crippen molar-refractivity contribution < 1.29 is 27.8 Å². The third-order valence-corrected chi connectivity index (χ3v) is 5.33. The Bertz CT molecular complexity index is 648. The van der Waals surface area contributed by atoms with Crippen LogP contribution >= 0.6 is 0 Å². The highest BCUT2D eigenvalue weighted by Crippen LogP contribution is 2.28. The average Bonchev–Trinajstić information content (AvgIpc) is 2.64. The molecule has 1 aliphatic rings. The van der Waals surface area contributed by atoms with Crippen molar-refractivity contribution in [3.8, 4) is 0 Å². The lowest BCUT2D eigenvalue weighted by atomic mass is 9.94. The van der Waals surface area contributed by atoms with Crippen LogP contribution in [0.15, 0.2) is 9.31 Å². The second-order valence-corrected chi connectivity index (χ2v) is 7.01. The Morgan fingerprint density at radius 3 is 2.52 bits per heavy atom.